The van der Waals surface area contributed by atoms with Crippen molar-refractivity contribution in [2.45, 2.75) is 51.3 Å². The van der Waals surface area contributed by atoms with Gasteiger partial charge in [-0.2, -0.15) is 0 Å². The molecule has 21 heavy (non-hydrogen) atoms. The Labute approximate surface area is 123 Å². The number of carboxylic acid groups (broad SMARTS) is 1. The van der Waals surface area contributed by atoms with Gasteiger partial charge < -0.3 is 5.11 Å². The van der Waals surface area contributed by atoms with Crippen LogP contribution in [0.1, 0.15) is 50.6 Å². The molecule has 0 saturated carbocycles. The summed E-state index contributed by atoms with van der Waals surface area (Å²) in [6.07, 6.45) is 2.35. The molecule has 1 fully saturated rings. The van der Waals surface area contributed by atoms with E-state index < -0.39 is 26.5 Å². The van der Waals surface area contributed by atoms with Gasteiger partial charge in [0.2, 0.25) is 0 Å². The number of sulfone groups is 1. The summed E-state index contributed by atoms with van der Waals surface area (Å²) in [5.41, 5.74) is -1.03. The molecule has 1 N–H and O–H groups in total. The highest BCUT2D eigenvalue weighted by molar-refractivity contribution is 7.91. The van der Waals surface area contributed by atoms with E-state index in [1.807, 2.05) is 0 Å². The highest BCUT2D eigenvalue weighted by atomic mass is 32.2. The van der Waals surface area contributed by atoms with Crippen LogP contribution in [0.4, 0.5) is 0 Å². The number of carboxylic acids is 1. The molecule has 118 valence electrons. The molecule has 2 heterocycles. The third-order valence-electron chi connectivity index (χ3n) is 4.22. The van der Waals surface area contributed by atoms with Gasteiger partial charge >= 0.3 is 5.97 Å². The van der Waals surface area contributed by atoms with Crippen molar-refractivity contribution in [2.24, 2.45) is 5.41 Å². The maximum atomic E-state index is 12.2. The molecule has 2 atom stereocenters. The zero-order valence-corrected chi connectivity index (χ0v) is 13.0. The molecule has 2 unspecified atom stereocenters. The third kappa shape index (κ3) is 3.07. The molecule has 1 aromatic rings. The summed E-state index contributed by atoms with van der Waals surface area (Å²) >= 11 is 0. The van der Waals surface area contributed by atoms with Gasteiger partial charge in [0.1, 0.15) is 5.25 Å². The number of carbonyl (C=O) groups is 1. The minimum Gasteiger partial charge on any atom is -0.481 e. The molecule has 0 amide bonds. The summed E-state index contributed by atoms with van der Waals surface area (Å²) in [5, 5.41) is 19.8. The highest BCUT2D eigenvalue weighted by Crippen LogP contribution is 2.33. The lowest BCUT2D eigenvalue weighted by Crippen LogP contribution is -2.34. The van der Waals surface area contributed by atoms with Crippen molar-refractivity contribution >= 4 is 15.8 Å². The van der Waals surface area contributed by atoms with Crippen molar-refractivity contribution in [3.8, 4) is 0 Å². The Hall–Kier alpha value is -1.51. The Morgan fingerprint density at radius 1 is 1.48 bits per heavy atom. The predicted octanol–water partition coefficient (Wildman–Crippen LogP) is 0.814. The van der Waals surface area contributed by atoms with E-state index >= 15 is 0 Å². The van der Waals surface area contributed by atoms with E-state index in [0.29, 0.717) is 19.3 Å². The van der Waals surface area contributed by atoms with Crippen LogP contribution in [0.2, 0.25) is 0 Å². The second-order valence-electron chi connectivity index (χ2n) is 5.77. The van der Waals surface area contributed by atoms with E-state index in [-0.39, 0.29) is 18.1 Å². The third-order valence-corrected chi connectivity index (χ3v) is 6.39. The minimum atomic E-state index is -3.26. The molecular weight excluding hydrogens is 296 g/mol. The molecule has 1 aliphatic rings. The van der Waals surface area contributed by atoms with E-state index in [0.717, 1.165) is 6.42 Å². The Kier molecular flexibility index (Phi) is 4.31. The van der Waals surface area contributed by atoms with E-state index in [1.165, 1.54) is 4.68 Å². The van der Waals surface area contributed by atoms with Gasteiger partial charge in [0.15, 0.2) is 15.7 Å². The molecule has 9 heteroatoms. The van der Waals surface area contributed by atoms with Crippen LogP contribution in [0, 0.1) is 5.41 Å². The molecule has 0 spiro atoms. The fourth-order valence-electron chi connectivity index (χ4n) is 2.46. The molecule has 1 saturated heterocycles. The predicted molar refractivity (Wildman–Crippen MR) is 74.2 cm³/mol. The number of nitrogens with zero attached hydrogens (tertiary/aromatic N) is 4. The number of hydrogen-bond acceptors (Lipinski definition) is 6. The topological polar surface area (TPSA) is 115 Å². The van der Waals surface area contributed by atoms with Gasteiger partial charge in [-0.3, -0.25) is 4.79 Å². The van der Waals surface area contributed by atoms with Gasteiger partial charge in [-0.1, -0.05) is 13.3 Å². The van der Waals surface area contributed by atoms with E-state index in [1.54, 1.807) is 13.8 Å². The van der Waals surface area contributed by atoms with Crippen LogP contribution in [0.15, 0.2) is 0 Å². The minimum absolute atomic E-state index is 0.0627. The van der Waals surface area contributed by atoms with Crippen LogP contribution >= 0.6 is 0 Å². The fraction of sp³-hybridized carbons (Fsp3) is 0.833. The number of aliphatic carboxylic acids is 1. The van der Waals surface area contributed by atoms with Crippen molar-refractivity contribution in [3.63, 3.8) is 0 Å². The quantitative estimate of drug-likeness (QED) is 0.854. The van der Waals surface area contributed by atoms with Crippen LogP contribution in [0.5, 0.6) is 0 Å². The van der Waals surface area contributed by atoms with Gasteiger partial charge in [0, 0.05) is 0 Å². The maximum absolute atomic E-state index is 12.2. The van der Waals surface area contributed by atoms with E-state index in [9.17, 15) is 18.3 Å². The zero-order valence-electron chi connectivity index (χ0n) is 12.2. The number of hydrogen-bond donors (Lipinski definition) is 1. The summed E-state index contributed by atoms with van der Waals surface area (Å²) in [6, 6.07) is 0. The standard InChI is InChI=1S/C12H20N4O4S/c1-3-12(2,11(17)18)8-16-10(13-14-15-16)9-6-4-5-7-21(9,19)20/h9H,3-8H2,1-2H3,(H,17,18). The first-order valence-electron chi connectivity index (χ1n) is 7.01. The zero-order chi connectivity index (χ0) is 15.7. The summed E-state index contributed by atoms with van der Waals surface area (Å²) in [6.45, 7) is 3.44. The SMILES string of the molecule is CCC(C)(Cn1nnnc1C1CCCCS1(=O)=O)C(=O)O. The first-order chi connectivity index (χ1) is 9.80. The monoisotopic (exact) mass is 316 g/mol. The van der Waals surface area contributed by atoms with E-state index in [4.69, 9.17) is 0 Å². The first kappa shape index (κ1) is 15.9. The molecule has 0 bridgehead atoms. The van der Waals surface area contributed by atoms with Gasteiger partial charge in [-0.15, -0.1) is 5.10 Å². The molecule has 0 radical (unpaired) electrons. The van der Waals surface area contributed by atoms with Crippen molar-refractivity contribution in [1.82, 2.24) is 20.2 Å². The van der Waals surface area contributed by atoms with Gasteiger partial charge in [0.05, 0.1) is 17.7 Å². The largest absolute Gasteiger partial charge is 0.481 e. The Balaban J connectivity index is 2.33. The number of aromatic nitrogens is 4. The summed E-state index contributed by atoms with van der Waals surface area (Å²) < 4.78 is 25.7. The van der Waals surface area contributed by atoms with Crippen LogP contribution in [-0.4, -0.2) is 45.5 Å². The maximum Gasteiger partial charge on any atom is 0.311 e. The lowest BCUT2D eigenvalue weighted by molar-refractivity contribution is -0.149. The van der Waals surface area contributed by atoms with Crippen LogP contribution in [0.3, 0.4) is 0 Å². The highest BCUT2D eigenvalue weighted by Gasteiger charge is 2.38. The Bertz CT molecular complexity index is 627. The second-order valence-corrected chi connectivity index (χ2v) is 8.07. The van der Waals surface area contributed by atoms with Gasteiger partial charge in [-0.25, -0.2) is 13.1 Å². The Morgan fingerprint density at radius 3 is 2.76 bits per heavy atom. The lowest BCUT2D eigenvalue weighted by atomic mass is 9.88. The normalized spacial score (nSPS) is 24.4. The van der Waals surface area contributed by atoms with Crippen molar-refractivity contribution < 1.29 is 18.3 Å². The Morgan fingerprint density at radius 2 is 2.19 bits per heavy atom. The van der Waals surface area contributed by atoms with Crippen molar-refractivity contribution in [1.29, 1.82) is 0 Å². The second kappa shape index (κ2) is 5.70. The fourth-order valence-corrected chi connectivity index (χ4v) is 4.37. The van der Waals surface area contributed by atoms with Crippen molar-refractivity contribution in [2.75, 3.05) is 5.75 Å². The molecule has 0 aliphatic carbocycles. The molecule has 1 aromatic heterocycles. The smallest absolute Gasteiger partial charge is 0.311 e. The first-order valence-corrected chi connectivity index (χ1v) is 8.73. The molecule has 8 nitrogen and oxygen atoms in total. The number of rotatable bonds is 5. The summed E-state index contributed by atoms with van der Waals surface area (Å²) in [5.74, 6) is -0.553. The molecule has 2 rings (SSSR count). The van der Waals surface area contributed by atoms with Crippen molar-refractivity contribution in [3.05, 3.63) is 5.82 Å². The molecular formula is C12H20N4O4S. The van der Waals surface area contributed by atoms with Gasteiger partial charge in [0.25, 0.3) is 0 Å². The van der Waals surface area contributed by atoms with Crippen LogP contribution in [-0.2, 0) is 21.2 Å². The summed E-state index contributed by atoms with van der Waals surface area (Å²) in [7, 11) is -3.26. The number of tetrazole rings is 1. The van der Waals surface area contributed by atoms with Gasteiger partial charge in [-0.05, 0) is 36.6 Å². The van der Waals surface area contributed by atoms with Crippen LogP contribution < -0.4 is 0 Å². The van der Waals surface area contributed by atoms with Crippen LogP contribution in [0.25, 0.3) is 0 Å². The average Bonchev–Trinajstić information content (AvgIpc) is 2.85. The molecule has 0 aromatic carbocycles. The van der Waals surface area contributed by atoms with E-state index in [2.05, 4.69) is 15.5 Å². The summed E-state index contributed by atoms with van der Waals surface area (Å²) in [4.78, 5) is 11.4. The lowest BCUT2D eigenvalue weighted by Gasteiger charge is -2.25. The average molecular weight is 316 g/mol. The molecule has 1 aliphatic heterocycles.